The first kappa shape index (κ1) is 16.7. The van der Waals surface area contributed by atoms with Crippen LogP contribution in [0.25, 0.3) is 10.9 Å². The van der Waals surface area contributed by atoms with Crippen molar-refractivity contribution in [1.29, 1.82) is 0 Å². The van der Waals surface area contributed by atoms with Gasteiger partial charge in [-0.15, -0.1) is 0 Å². The highest BCUT2D eigenvalue weighted by Crippen LogP contribution is 2.46. The van der Waals surface area contributed by atoms with Crippen LogP contribution < -0.4 is 16.1 Å². The number of piperidine rings is 1. The third-order valence-electron chi connectivity index (χ3n) is 6.08. The van der Waals surface area contributed by atoms with Crippen molar-refractivity contribution in [2.75, 3.05) is 18.0 Å². The Kier molecular flexibility index (Phi) is 3.40. The lowest BCUT2D eigenvalue weighted by Gasteiger charge is -2.33. The molecule has 3 fully saturated rings. The third kappa shape index (κ3) is 2.46. The number of nitrogens with zero attached hydrogens (tertiary/aromatic N) is 2. The highest BCUT2D eigenvalue weighted by atomic mass is 19.1. The number of carboxylic acid groups (broad SMARTS) is 1. The van der Waals surface area contributed by atoms with Gasteiger partial charge in [0.1, 0.15) is 17.1 Å². The van der Waals surface area contributed by atoms with Crippen LogP contribution in [0.5, 0.6) is 0 Å². The van der Waals surface area contributed by atoms with Crippen LogP contribution in [0.4, 0.5) is 14.5 Å². The summed E-state index contributed by atoms with van der Waals surface area (Å²) in [6, 6.07) is 0.778. The summed E-state index contributed by atoms with van der Waals surface area (Å²) in [5.41, 5.74) is 4.60. The SMILES string of the molecule is N[C@H]1CN(c2c(F)cc3c(=O)c(C(=O)O)cn(C4CC4)c3c2F)C[C@@H]2C[C@@H]21. The molecule has 0 spiro atoms. The van der Waals surface area contributed by atoms with Gasteiger partial charge in [0.2, 0.25) is 5.43 Å². The smallest absolute Gasteiger partial charge is 0.341 e. The highest BCUT2D eigenvalue weighted by molar-refractivity contribution is 5.94. The number of rotatable bonds is 3. The van der Waals surface area contributed by atoms with E-state index in [0.717, 1.165) is 25.3 Å². The highest BCUT2D eigenvalue weighted by Gasteiger charge is 2.47. The molecule has 3 N–H and O–H groups in total. The van der Waals surface area contributed by atoms with E-state index in [-0.39, 0.29) is 28.7 Å². The van der Waals surface area contributed by atoms with Crippen LogP contribution in [-0.4, -0.2) is 34.8 Å². The van der Waals surface area contributed by atoms with E-state index in [0.29, 0.717) is 24.9 Å². The van der Waals surface area contributed by atoms with Crippen molar-refractivity contribution in [3.8, 4) is 0 Å². The average molecular weight is 375 g/mol. The molecule has 5 rings (SSSR count). The van der Waals surface area contributed by atoms with Crippen molar-refractivity contribution < 1.29 is 18.7 Å². The van der Waals surface area contributed by atoms with Crippen LogP contribution in [-0.2, 0) is 0 Å². The van der Waals surface area contributed by atoms with Gasteiger partial charge in [-0.1, -0.05) is 0 Å². The fourth-order valence-corrected chi connectivity index (χ4v) is 4.45. The quantitative estimate of drug-likeness (QED) is 0.858. The molecule has 1 aromatic carbocycles. The molecule has 2 aromatic rings. The number of hydrogen-bond acceptors (Lipinski definition) is 4. The second-order valence-corrected chi connectivity index (χ2v) is 7.96. The predicted octanol–water partition coefficient (Wildman–Crippen LogP) is 2.10. The van der Waals surface area contributed by atoms with Crippen LogP contribution in [0, 0.1) is 23.5 Å². The molecule has 0 amide bonds. The zero-order chi connectivity index (χ0) is 19.0. The molecular formula is C19H19F2N3O3. The summed E-state index contributed by atoms with van der Waals surface area (Å²) in [7, 11) is 0. The molecule has 3 aliphatic rings. The van der Waals surface area contributed by atoms with Gasteiger partial charge in [-0.25, -0.2) is 13.6 Å². The number of halogens is 2. The predicted molar refractivity (Wildman–Crippen MR) is 95.1 cm³/mol. The van der Waals surface area contributed by atoms with E-state index in [2.05, 4.69) is 0 Å². The Labute approximate surface area is 153 Å². The van der Waals surface area contributed by atoms with Crippen molar-refractivity contribution in [1.82, 2.24) is 4.57 Å². The molecule has 2 saturated carbocycles. The Hall–Kier alpha value is -2.48. The summed E-state index contributed by atoms with van der Waals surface area (Å²) in [6.45, 7) is 0.903. The fraction of sp³-hybridized carbons (Fsp3) is 0.474. The first-order valence-corrected chi connectivity index (χ1v) is 9.17. The van der Waals surface area contributed by atoms with Crippen LogP contribution in [0.1, 0.15) is 35.7 Å². The lowest BCUT2D eigenvalue weighted by Crippen LogP contribution is -2.45. The van der Waals surface area contributed by atoms with Crippen molar-refractivity contribution >= 4 is 22.6 Å². The van der Waals surface area contributed by atoms with Gasteiger partial charge in [-0.3, -0.25) is 4.79 Å². The van der Waals surface area contributed by atoms with Gasteiger partial charge in [0.05, 0.1) is 10.9 Å². The summed E-state index contributed by atoms with van der Waals surface area (Å²) in [5, 5.41) is 9.06. The van der Waals surface area contributed by atoms with Gasteiger partial charge in [-0.2, -0.15) is 0 Å². The van der Waals surface area contributed by atoms with E-state index in [9.17, 15) is 19.1 Å². The van der Waals surface area contributed by atoms with Crippen molar-refractivity contribution in [3.05, 3.63) is 39.7 Å². The minimum atomic E-state index is -1.40. The minimum absolute atomic E-state index is 0.0182. The van der Waals surface area contributed by atoms with Crippen LogP contribution in [0.15, 0.2) is 17.1 Å². The maximum absolute atomic E-state index is 15.5. The molecule has 1 aromatic heterocycles. The lowest BCUT2D eigenvalue weighted by molar-refractivity contribution is 0.0695. The zero-order valence-electron chi connectivity index (χ0n) is 14.5. The summed E-state index contributed by atoms with van der Waals surface area (Å²) >= 11 is 0. The van der Waals surface area contributed by atoms with Gasteiger partial charge in [-0.05, 0) is 37.2 Å². The minimum Gasteiger partial charge on any atom is -0.477 e. The molecule has 2 heterocycles. The first-order chi connectivity index (χ1) is 12.9. The van der Waals surface area contributed by atoms with Crippen molar-refractivity contribution in [2.24, 2.45) is 17.6 Å². The summed E-state index contributed by atoms with van der Waals surface area (Å²) < 4.78 is 31.9. The Morgan fingerprint density at radius 2 is 2.00 bits per heavy atom. The number of carboxylic acids is 1. The van der Waals surface area contributed by atoms with Gasteiger partial charge in [0.15, 0.2) is 5.82 Å². The number of benzene rings is 1. The van der Waals surface area contributed by atoms with Crippen LogP contribution >= 0.6 is 0 Å². The molecule has 8 heteroatoms. The van der Waals surface area contributed by atoms with E-state index in [4.69, 9.17) is 5.73 Å². The lowest BCUT2D eigenvalue weighted by atomic mass is 10.0. The summed E-state index contributed by atoms with van der Waals surface area (Å²) in [4.78, 5) is 25.5. The Morgan fingerprint density at radius 3 is 2.63 bits per heavy atom. The molecule has 27 heavy (non-hydrogen) atoms. The van der Waals surface area contributed by atoms with E-state index >= 15 is 4.39 Å². The second kappa shape index (κ2) is 5.51. The monoisotopic (exact) mass is 375 g/mol. The van der Waals surface area contributed by atoms with E-state index in [1.807, 2.05) is 0 Å². The Balaban J connectivity index is 1.75. The molecule has 0 bridgehead atoms. The molecule has 1 saturated heterocycles. The van der Waals surface area contributed by atoms with Crippen LogP contribution in [0.2, 0.25) is 0 Å². The standard InChI is InChI=1S/C19H19F2N3O3/c20-13-4-11-16(24(9-1-2-9)6-12(18(11)25)19(26)27)15(21)17(13)23-5-8-3-10(8)14(22)7-23/h4,6,8-10,14H,1-3,5,7,22H2,(H,26,27)/t8-,10-,14-/m0/s1. The van der Waals surface area contributed by atoms with Gasteiger partial charge in [0.25, 0.3) is 0 Å². The zero-order valence-corrected chi connectivity index (χ0v) is 14.5. The number of aromatic nitrogens is 1. The van der Waals surface area contributed by atoms with E-state index in [1.165, 1.54) is 10.8 Å². The van der Waals surface area contributed by atoms with Gasteiger partial charge >= 0.3 is 5.97 Å². The largest absolute Gasteiger partial charge is 0.477 e. The maximum atomic E-state index is 15.5. The molecule has 0 unspecified atom stereocenters. The Morgan fingerprint density at radius 1 is 1.26 bits per heavy atom. The third-order valence-corrected chi connectivity index (χ3v) is 6.08. The van der Waals surface area contributed by atoms with Gasteiger partial charge < -0.3 is 20.3 Å². The van der Waals surface area contributed by atoms with Gasteiger partial charge in [0, 0.05) is 31.4 Å². The number of nitrogens with two attached hydrogens (primary N) is 1. The molecule has 2 aliphatic carbocycles. The van der Waals surface area contributed by atoms with Crippen LogP contribution in [0.3, 0.4) is 0 Å². The number of aromatic carboxylic acids is 1. The number of carbonyl (C=O) groups is 1. The summed E-state index contributed by atoms with van der Waals surface area (Å²) in [6.07, 6.45) is 3.70. The molecule has 1 aliphatic heterocycles. The molecule has 142 valence electrons. The van der Waals surface area contributed by atoms with E-state index in [1.54, 1.807) is 4.90 Å². The van der Waals surface area contributed by atoms with Crippen molar-refractivity contribution in [2.45, 2.75) is 31.3 Å². The second-order valence-electron chi connectivity index (χ2n) is 7.96. The molecular weight excluding hydrogens is 356 g/mol. The first-order valence-electron chi connectivity index (χ1n) is 9.17. The average Bonchev–Trinajstić information content (AvgIpc) is 3.49. The number of hydrogen-bond donors (Lipinski definition) is 2. The molecule has 0 radical (unpaired) electrons. The maximum Gasteiger partial charge on any atom is 0.341 e. The Bertz CT molecular complexity index is 1050. The molecule has 3 atom stereocenters. The molecule has 6 nitrogen and oxygen atoms in total. The number of anilines is 1. The summed E-state index contributed by atoms with van der Waals surface area (Å²) in [5.74, 6) is -2.28. The number of fused-ring (bicyclic) bond motifs is 2. The van der Waals surface area contributed by atoms with E-state index < -0.39 is 28.6 Å². The topological polar surface area (TPSA) is 88.6 Å². The number of pyridine rings is 1. The van der Waals surface area contributed by atoms with Crippen molar-refractivity contribution in [3.63, 3.8) is 0 Å². The fourth-order valence-electron chi connectivity index (χ4n) is 4.45. The normalized spacial score (nSPS) is 26.9.